The largest absolute Gasteiger partial charge is 0.494 e. The molecule has 0 radical (unpaired) electrons. The molecular formula is C19H27NO4. The fourth-order valence-corrected chi connectivity index (χ4v) is 1.99. The van der Waals surface area contributed by atoms with Gasteiger partial charge in [0.2, 0.25) is 0 Å². The Hall–Kier alpha value is -2.14. The minimum Gasteiger partial charge on any atom is -0.494 e. The molecule has 0 bridgehead atoms. The Balaban J connectivity index is 2.27. The molecule has 1 rings (SSSR count). The molecular weight excluding hydrogens is 306 g/mol. The molecule has 1 N–H and O–H groups in total. The third-order valence-electron chi connectivity index (χ3n) is 3.42. The summed E-state index contributed by atoms with van der Waals surface area (Å²) in [6.07, 6.45) is 3.88. The third-order valence-corrected chi connectivity index (χ3v) is 3.42. The zero-order valence-corrected chi connectivity index (χ0v) is 14.5. The fourth-order valence-electron chi connectivity index (χ4n) is 1.99. The Bertz CT molecular complexity index is 525. The fraction of sp³-hybridized carbons (Fsp3) is 0.474. The van der Waals surface area contributed by atoms with Crippen LogP contribution in [0.15, 0.2) is 36.9 Å². The highest BCUT2D eigenvalue weighted by Gasteiger charge is 2.12. The van der Waals surface area contributed by atoms with E-state index in [-0.39, 0.29) is 24.4 Å². The lowest BCUT2D eigenvalue weighted by Crippen LogP contribution is -2.34. The van der Waals surface area contributed by atoms with Crippen LogP contribution < -0.4 is 10.1 Å². The maximum Gasteiger partial charge on any atom is 0.323 e. The molecule has 132 valence electrons. The van der Waals surface area contributed by atoms with Crippen molar-refractivity contribution in [2.45, 2.75) is 45.7 Å². The van der Waals surface area contributed by atoms with E-state index in [9.17, 15) is 9.59 Å². The molecule has 0 heterocycles. The first kappa shape index (κ1) is 19.9. The summed E-state index contributed by atoms with van der Waals surface area (Å²) in [6, 6.07) is 7.35. The molecule has 1 aromatic rings. The molecule has 5 heteroatoms. The number of hydrogen-bond donors (Lipinski definition) is 1. The van der Waals surface area contributed by atoms with Gasteiger partial charge in [-0.25, -0.2) is 0 Å². The molecule has 0 aliphatic rings. The van der Waals surface area contributed by atoms with Crippen molar-refractivity contribution >= 4 is 11.8 Å². The Morgan fingerprint density at radius 1 is 1.25 bits per heavy atom. The summed E-state index contributed by atoms with van der Waals surface area (Å²) in [6.45, 7) is 8.29. The van der Waals surface area contributed by atoms with Crippen LogP contribution in [0.2, 0.25) is 0 Å². The van der Waals surface area contributed by atoms with Crippen molar-refractivity contribution in [3.63, 3.8) is 0 Å². The Labute approximate surface area is 144 Å². The van der Waals surface area contributed by atoms with Gasteiger partial charge in [0.25, 0.3) is 0 Å². The average Bonchev–Trinajstić information content (AvgIpc) is 2.58. The second kappa shape index (κ2) is 11.4. The monoisotopic (exact) mass is 333 g/mol. The minimum atomic E-state index is -0.373. The van der Waals surface area contributed by atoms with Gasteiger partial charge in [0, 0.05) is 13.0 Å². The van der Waals surface area contributed by atoms with Crippen molar-refractivity contribution in [2.75, 3.05) is 13.2 Å². The van der Waals surface area contributed by atoms with Crippen LogP contribution in [0.3, 0.4) is 0 Å². The summed E-state index contributed by atoms with van der Waals surface area (Å²) in [5.74, 6) is 0.731. The number of Topliss-reactive ketones (excluding diaryl/α,β-unsaturated/α-hetero) is 1. The molecule has 0 aromatic heterocycles. The number of ether oxygens (including phenoxy) is 2. The maximum absolute atomic E-state index is 11.6. The molecule has 0 fully saturated rings. The van der Waals surface area contributed by atoms with E-state index in [0.717, 1.165) is 24.2 Å². The normalized spacial score (nSPS) is 11.6. The minimum absolute atomic E-state index is 0.217. The van der Waals surface area contributed by atoms with E-state index in [4.69, 9.17) is 9.47 Å². The molecule has 24 heavy (non-hydrogen) atoms. The van der Waals surface area contributed by atoms with E-state index in [0.29, 0.717) is 19.6 Å². The van der Waals surface area contributed by atoms with E-state index in [2.05, 4.69) is 11.9 Å². The van der Waals surface area contributed by atoms with Crippen molar-refractivity contribution in [3.05, 3.63) is 42.5 Å². The summed E-state index contributed by atoms with van der Waals surface area (Å²) >= 11 is 0. The number of rotatable bonds is 12. The number of nitrogens with one attached hydrogen (secondary N) is 1. The summed E-state index contributed by atoms with van der Waals surface area (Å²) in [7, 11) is 0. The van der Waals surface area contributed by atoms with E-state index >= 15 is 0 Å². The van der Waals surface area contributed by atoms with Crippen LogP contribution >= 0.6 is 0 Å². The van der Waals surface area contributed by atoms with Crippen LogP contribution in [-0.4, -0.2) is 31.0 Å². The summed E-state index contributed by atoms with van der Waals surface area (Å²) in [4.78, 5) is 22.5. The maximum atomic E-state index is 11.6. The molecule has 0 saturated carbocycles. The lowest BCUT2D eigenvalue weighted by molar-refractivity contribution is -0.144. The van der Waals surface area contributed by atoms with Gasteiger partial charge in [-0.1, -0.05) is 24.8 Å². The predicted octanol–water partition coefficient (Wildman–Crippen LogP) is 3.03. The van der Waals surface area contributed by atoms with Gasteiger partial charge in [0.15, 0.2) is 0 Å². The number of carbonyl (C=O) groups excluding carboxylic acids is 2. The van der Waals surface area contributed by atoms with Crippen LogP contribution in [0.5, 0.6) is 5.75 Å². The average molecular weight is 333 g/mol. The van der Waals surface area contributed by atoms with Gasteiger partial charge in [-0.3, -0.25) is 4.79 Å². The highest BCUT2D eigenvalue weighted by atomic mass is 16.5. The van der Waals surface area contributed by atoms with Gasteiger partial charge >= 0.3 is 5.97 Å². The lowest BCUT2D eigenvalue weighted by atomic mass is 10.2. The van der Waals surface area contributed by atoms with Crippen LogP contribution in [0, 0.1) is 0 Å². The molecule has 5 nitrogen and oxygen atoms in total. The lowest BCUT2D eigenvalue weighted by Gasteiger charge is -2.13. The first-order valence-corrected chi connectivity index (χ1v) is 8.25. The van der Waals surface area contributed by atoms with Crippen molar-refractivity contribution < 1.29 is 19.1 Å². The van der Waals surface area contributed by atoms with E-state index in [1.54, 1.807) is 19.9 Å². The molecule has 0 amide bonds. The highest BCUT2D eigenvalue weighted by molar-refractivity contribution is 5.75. The van der Waals surface area contributed by atoms with Gasteiger partial charge in [0.1, 0.15) is 24.2 Å². The van der Waals surface area contributed by atoms with Crippen molar-refractivity contribution in [1.82, 2.24) is 5.32 Å². The van der Waals surface area contributed by atoms with Crippen molar-refractivity contribution in [3.8, 4) is 5.75 Å². The Morgan fingerprint density at radius 3 is 2.58 bits per heavy atom. The van der Waals surface area contributed by atoms with Gasteiger partial charge in [0.05, 0.1) is 6.61 Å². The molecule has 0 unspecified atom stereocenters. The van der Waals surface area contributed by atoms with Gasteiger partial charge in [-0.05, 0) is 44.4 Å². The smallest absolute Gasteiger partial charge is 0.323 e. The summed E-state index contributed by atoms with van der Waals surface area (Å²) in [5, 5.41) is 3.12. The van der Waals surface area contributed by atoms with Crippen LogP contribution in [-0.2, 0) is 20.9 Å². The summed E-state index contributed by atoms with van der Waals surface area (Å²) < 4.78 is 10.6. The number of unbranched alkanes of at least 4 members (excludes halogenated alkanes) is 1. The first-order valence-electron chi connectivity index (χ1n) is 8.25. The van der Waals surface area contributed by atoms with Gasteiger partial charge in [-0.2, -0.15) is 0 Å². The predicted molar refractivity (Wildman–Crippen MR) is 93.9 cm³/mol. The molecule has 0 spiro atoms. The molecule has 0 aliphatic carbocycles. The van der Waals surface area contributed by atoms with Crippen LogP contribution in [0.25, 0.3) is 0 Å². The number of ketones is 1. The Morgan fingerprint density at radius 2 is 1.96 bits per heavy atom. The third kappa shape index (κ3) is 8.48. The zero-order chi connectivity index (χ0) is 17.8. The van der Waals surface area contributed by atoms with Gasteiger partial charge in [-0.15, -0.1) is 0 Å². The van der Waals surface area contributed by atoms with Gasteiger partial charge < -0.3 is 19.6 Å². The van der Waals surface area contributed by atoms with Crippen molar-refractivity contribution in [1.29, 1.82) is 0 Å². The number of benzene rings is 1. The van der Waals surface area contributed by atoms with Crippen LogP contribution in [0.1, 0.15) is 38.7 Å². The van der Waals surface area contributed by atoms with E-state index in [1.807, 2.05) is 24.3 Å². The van der Waals surface area contributed by atoms with Crippen molar-refractivity contribution in [2.24, 2.45) is 0 Å². The molecule has 0 saturated heterocycles. The van der Waals surface area contributed by atoms with E-state index < -0.39 is 0 Å². The Kier molecular flexibility index (Phi) is 9.46. The number of esters is 1. The molecule has 0 aliphatic heterocycles. The van der Waals surface area contributed by atoms with Crippen LogP contribution in [0.4, 0.5) is 0 Å². The number of carbonyl (C=O) groups is 2. The quantitative estimate of drug-likeness (QED) is 0.362. The number of hydrogen-bond acceptors (Lipinski definition) is 5. The standard InChI is InChI=1S/C19H27NO4/c1-4-12-24-19(22)16(3)20-14-17-8-10-18(11-9-17)23-13-6-5-7-15(2)21/h4,8-11,16,20H,1,5-7,12-14H2,2-3H3/t16-/m0/s1. The zero-order valence-electron chi connectivity index (χ0n) is 14.5. The summed E-state index contributed by atoms with van der Waals surface area (Å²) in [5.41, 5.74) is 1.06. The molecule has 1 atom stereocenters. The SMILES string of the molecule is C=CCOC(=O)[C@H](C)NCc1ccc(OCCCCC(C)=O)cc1. The highest BCUT2D eigenvalue weighted by Crippen LogP contribution is 2.13. The second-order valence-corrected chi connectivity index (χ2v) is 5.67. The molecule has 1 aromatic carbocycles. The first-order chi connectivity index (χ1) is 11.5. The topological polar surface area (TPSA) is 64.6 Å². The second-order valence-electron chi connectivity index (χ2n) is 5.67. The van der Waals surface area contributed by atoms with E-state index in [1.165, 1.54) is 0 Å².